The fraction of sp³-hybridized carbons (Fsp3) is 0.385. The molecule has 0 radical (unpaired) electrons. The molecule has 0 fully saturated rings. The highest BCUT2D eigenvalue weighted by molar-refractivity contribution is 7.70. The Morgan fingerprint density at radius 3 is 2.09 bits per heavy atom. The summed E-state index contributed by atoms with van der Waals surface area (Å²) in [6.07, 6.45) is -5.45. The lowest BCUT2D eigenvalue weighted by atomic mass is 10.1. The molecule has 1 amide bonds. The first-order chi connectivity index (χ1) is 9.91. The molecule has 0 aliphatic rings. The summed E-state index contributed by atoms with van der Waals surface area (Å²) in [5, 5.41) is 10.9. The van der Waals surface area contributed by atoms with Crippen molar-refractivity contribution < 1.29 is 32.4 Å². The van der Waals surface area contributed by atoms with Gasteiger partial charge in [0.2, 0.25) is 0 Å². The first kappa shape index (κ1) is 18.2. The molecule has 0 spiro atoms. The molecule has 122 valence electrons. The van der Waals surface area contributed by atoms with Gasteiger partial charge in [-0.2, -0.15) is 13.2 Å². The van der Waals surface area contributed by atoms with E-state index < -0.39 is 31.2 Å². The zero-order chi connectivity index (χ0) is 17.1. The summed E-state index contributed by atoms with van der Waals surface area (Å²) >= 11 is 0. The van der Waals surface area contributed by atoms with E-state index in [4.69, 9.17) is 5.11 Å². The van der Waals surface area contributed by atoms with E-state index >= 15 is 0 Å². The Kier molecular flexibility index (Phi) is 5.40. The zero-order valence-electron chi connectivity index (χ0n) is 11.8. The van der Waals surface area contributed by atoms with Crippen molar-refractivity contribution in [2.24, 2.45) is 0 Å². The molecule has 9 heteroatoms. The fourth-order valence-electron chi connectivity index (χ4n) is 1.67. The van der Waals surface area contributed by atoms with Crippen LogP contribution in [0.3, 0.4) is 0 Å². The van der Waals surface area contributed by atoms with Crippen molar-refractivity contribution in [2.75, 3.05) is 13.3 Å². The number of benzene rings is 1. The number of hydrogen-bond acceptors (Lipinski definition) is 3. The van der Waals surface area contributed by atoms with E-state index in [1.165, 1.54) is 29.6 Å². The molecule has 0 saturated heterocycles. The Hall–Kier alpha value is -1.82. The second-order valence-electron chi connectivity index (χ2n) is 5.08. The molecule has 5 nitrogen and oxygen atoms in total. The van der Waals surface area contributed by atoms with Crippen LogP contribution in [-0.4, -0.2) is 42.5 Å². The Labute approximate surface area is 124 Å². The molecule has 1 aromatic carbocycles. The van der Waals surface area contributed by atoms with E-state index in [-0.39, 0.29) is 6.42 Å². The number of carboxylic acids is 1. The summed E-state index contributed by atoms with van der Waals surface area (Å²) in [6.45, 7) is 3.12. The van der Waals surface area contributed by atoms with Crippen molar-refractivity contribution in [2.45, 2.75) is 18.6 Å². The SMILES string of the molecule is CP(C)(=O)c1ccc(C[C@H](NC(=O)C(F)(F)F)C(=O)O)cc1. The molecular formula is C13H15F3NO4P. The van der Waals surface area contributed by atoms with E-state index in [0.717, 1.165) is 0 Å². The van der Waals surface area contributed by atoms with Crippen LogP contribution in [0.5, 0.6) is 0 Å². The minimum absolute atomic E-state index is 0.310. The Morgan fingerprint density at radius 2 is 1.73 bits per heavy atom. The van der Waals surface area contributed by atoms with Gasteiger partial charge in [0.15, 0.2) is 0 Å². The number of carbonyl (C=O) groups excluding carboxylic acids is 1. The summed E-state index contributed by atoms with van der Waals surface area (Å²) < 4.78 is 48.3. The van der Waals surface area contributed by atoms with E-state index in [0.29, 0.717) is 10.9 Å². The Bertz CT molecular complexity index is 607. The third-order valence-electron chi connectivity index (χ3n) is 2.86. The van der Waals surface area contributed by atoms with Crippen molar-refractivity contribution in [3.63, 3.8) is 0 Å². The highest BCUT2D eigenvalue weighted by Crippen LogP contribution is 2.34. The van der Waals surface area contributed by atoms with Crippen molar-refractivity contribution in [1.29, 1.82) is 0 Å². The molecule has 0 aromatic heterocycles. The predicted octanol–water partition coefficient (Wildman–Crippen LogP) is 1.61. The lowest BCUT2D eigenvalue weighted by Crippen LogP contribution is -2.47. The maximum Gasteiger partial charge on any atom is 0.471 e. The van der Waals surface area contributed by atoms with Crippen molar-refractivity contribution in [3.8, 4) is 0 Å². The molecule has 1 aromatic rings. The average Bonchev–Trinajstić information content (AvgIpc) is 2.36. The molecule has 0 bridgehead atoms. The molecule has 22 heavy (non-hydrogen) atoms. The van der Waals surface area contributed by atoms with Crippen LogP contribution >= 0.6 is 7.14 Å². The van der Waals surface area contributed by atoms with Crippen LogP contribution in [-0.2, 0) is 20.6 Å². The zero-order valence-corrected chi connectivity index (χ0v) is 12.7. The molecule has 0 aliphatic heterocycles. The summed E-state index contributed by atoms with van der Waals surface area (Å²) in [6, 6.07) is 4.31. The molecule has 0 heterocycles. The third-order valence-corrected chi connectivity index (χ3v) is 4.40. The molecule has 1 atom stereocenters. The van der Waals surface area contributed by atoms with Gasteiger partial charge in [-0.25, -0.2) is 4.79 Å². The lowest BCUT2D eigenvalue weighted by molar-refractivity contribution is -0.175. The molecule has 0 aliphatic carbocycles. The van der Waals surface area contributed by atoms with Gasteiger partial charge in [0.1, 0.15) is 13.2 Å². The molecule has 0 saturated carbocycles. The predicted molar refractivity (Wildman–Crippen MR) is 74.9 cm³/mol. The number of amides is 1. The highest BCUT2D eigenvalue weighted by Gasteiger charge is 2.40. The second-order valence-corrected chi connectivity index (χ2v) is 8.30. The van der Waals surface area contributed by atoms with Gasteiger partial charge < -0.3 is 15.0 Å². The van der Waals surface area contributed by atoms with Crippen LogP contribution in [0, 0.1) is 0 Å². The molecule has 1 rings (SSSR count). The smallest absolute Gasteiger partial charge is 0.471 e. The maximum atomic E-state index is 12.2. The normalized spacial score (nSPS) is 13.5. The number of carbonyl (C=O) groups is 2. The van der Waals surface area contributed by atoms with Gasteiger partial charge in [0, 0.05) is 11.7 Å². The van der Waals surface area contributed by atoms with Gasteiger partial charge in [0.05, 0.1) is 0 Å². The fourth-order valence-corrected chi connectivity index (χ4v) is 2.53. The maximum absolute atomic E-state index is 12.2. The number of carboxylic acid groups (broad SMARTS) is 1. The standard InChI is InChI=1S/C13H15F3NO4P/c1-22(2,21)9-5-3-8(4-6-9)7-10(11(18)19)17-12(20)13(14,15)16/h3-6,10H,7H2,1-2H3,(H,17,20)(H,18,19)/t10-/m0/s1. The van der Waals surface area contributed by atoms with E-state index in [1.54, 1.807) is 13.3 Å². The van der Waals surface area contributed by atoms with Gasteiger partial charge in [-0.15, -0.1) is 0 Å². The summed E-state index contributed by atoms with van der Waals surface area (Å²) in [4.78, 5) is 21.8. The minimum Gasteiger partial charge on any atom is -0.480 e. The first-order valence-corrected chi connectivity index (χ1v) is 8.76. The van der Waals surface area contributed by atoms with E-state index in [9.17, 15) is 27.3 Å². The Balaban J connectivity index is 2.86. The summed E-state index contributed by atoms with van der Waals surface area (Å²) in [5.41, 5.74) is 0.409. The van der Waals surface area contributed by atoms with Crippen LogP contribution in [0.2, 0.25) is 0 Å². The van der Waals surface area contributed by atoms with Crippen LogP contribution in [0.15, 0.2) is 24.3 Å². The van der Waals surface area contributed by atoms with Gasteiger partial charge in [0.25, 0.3) is 0 Å². The third kappa shape index (κ3) is 5.18. The molecule has 2 N–H and O–H groups in total. The minimum atomic E-state index is -5.14. The lowest BCUT2D eigenvalue weighted by Gasteiger charge is -2.16. The quantitative estimate of drug-likeness (QED) is 0.800. The van der Waals surface area contributed by atoms with Gasteiger partial charge in [-0.3, -0.25) is 4.79 Å². The highest BCUT2D eigenvalue weighted by atomic mass is 31.2. The summed E-state index contributed by atoms with van der Waals surface area (Å²) in [7, 11) is -2.47. The van der Waals surface area contributed by atoms with E-state index in [2.05, 4.69) is 0 Å². The van der Waals surface area contributed by atoms with Crippen molar-refractivity contribution >= 4 is 24.3 Å². The average molecular weight is 337 g/mol. The van der Waals surface area contributed by atoms with Gasteiger partial charge in [-0.1, -0.05) is 24.3 Å². The largest absolute Gasteiger partial charge is 0.480 e. The van der Waals surface area contributed by atoms with Crippen LogP contribution in [0.25, 0.3) is 0 Å². The van der Waals surface area contributed by atoms with Crippen LogP contribution in [0.4, 0.5) is 13.2 Å². The topological polar surface area (TPSA) is 83.5 Å². The van der Waals surface area contributed by atoms with Crippen LogP contribution in [0.1, 0.15) is 5.56 Å². The monoisotopic (exact) mass is 337 g/mol. The second kappa shape index (κ2) is 6.52. The van der Waals surface area contributed by atoms with E-state index in [1.807, 2.05) is 0 Å². The first-order valence-electron chi connectivity index (χ1n) is 6.16. The number of aliphatic carboxylic acids is 1. The van der Waals surface area contributed by atoms with Gasteiger partial charge >= 0.3 is 18.1 Å². The molecular weight excluding hydrogens is 322 g/mol. The number of hydrogen-bond donors (Lipinski definition) is 2. The van der Waals surface area contributed by atoms with Crippen LogP contribution < -0.4 is 10.6 Å². The van der Waals surface area contributed by atoms with Crippen molar-refractivity contribution in [1.82, 2.24) is 5.32 Å². The summed E-state index contributed by atoms with van der Waals surface area (Å²) in [5.74, 6) is -3.87. The Morgan fingerprint density at radius 1 is 1.23 bits per heavy atom. The van der Waals surface area contributed by atoms with Crippen molar-refractivity contribution in [3.05, 3.63) is 29.8 Å². The number of alkyl halides is 3. The number of rotatable bonds is 5. The van der Waals surface area contributed by atoms with Gasteiger partial charge in [-0.05, 0) is 18.9 Å². The molecule has 0 unspecified atom stereocenters. The number of halogens is 3. The number of nitrogens with one attached hydrogen (secondary N) is 1.